The van der Waals surface area contributed by atoms with Gasteiger partial charge in [-0.05, 0) is 39.8 Å². The largest absolute Gasteiger partial charge is 0.480 e. The molecule has 0 radical (unpaired) electrons. The number of β-lactam (4-membered cyclic amide) rings is 1. The van der Waals surface area contributed by atoms with Crippen LogP contribution in [-0.2, 0) is 14.4 Å². The van der Waals surface area contributed by atoms with Crippen LogP contribution in [-0.4, -0.2) is 55.6 Å². The number of amides is 2. The predicted octanol–water partition coefficient (Wildman–Crippen LogP) is 1.48. The zero-order chi connectivity index (χ0) is 19.3. The lowest BCUT2D eigenvalue weighted by Gasteiger charge is -2.44. The first-order valence-electron chi connectivity index (χ1n) is 8.32. The third-order valence-electron chi connectivity index (χ3n) is 4.62. The Kier molecular flexibility index (Phi) is 4.42. The van der Waals surface area contributed by atoms with Gasteiger partial charge < -0.3 is 20.1 Å². The van der Waals surface area contributed by atoms with Gasteiger partial charge >= 0.3 is 5.97 Å². The molecule has 2 saturated heterocycles. The molecule has 7 nitrogen and oxygen atoms in total. The normalized spacial score (nSPS) is 26.7. The number of carboxylic acids is 1. The standard InChI is InChI=1S/C18H22N2O5S/c1-17(2,25-10-8-6-5-7-9-10)16(24)19-11-13(21)20-12(15(22)23)18(3,4)26-14(11)20/h5-9,11-12,14H,1-4H3,(H,19,24)(H,22,23). The van der Waals surface area contributed by atoms with Gasteiger partial charge in [-0.1, -0.05) is 18.2 Å². The lowest BCUT2D eigenvalue weighted by molar-refractivity contribution is -0.162. The molecule has 3 atom stereocenters. The van der Waals surface area contributed by atoms with Crippen LogP contribution in [0.15, 0.2) is 30.3 Å². The van der Waals surface area contributed by atoms with Crippen LogP contribution in [0.4, 0.5) is 0 Å². The van der Waals surface area contributed by atoms with Gasteiger partial charge in [-0.3, -0.25) is 9.59 Å². The molecule has 0 bridgehead atoms. The maximum Gasteiger partial charge on any atom is 0.327 e. The van der Waals surface area contributed by atoms with Crippen molar-refractivity contribution in [2.45, 2.75) is 55.5 Å². The number of rotatable bonds is 5. The lowest BCUT2D eigenvalue weighted by Crippen LogP contribution is -2.72. The van der Waals surface area contributed by atoms with Gasteiger partial charge in [0.05, 0.1) is 0 Å². The maximum atomic E-state index is 12.7. The highest BCUT2D eigenvalue weighted by Crippen LogP contribution is 2.50. The minimum atomic E-state index is -1.17. The monoisotopic (exact) mass is 378 g/mol. The Morgan fingerprint density at radius 2 is 1.88 bits per heavy atom. The van der Waals surface area contributed by atoms with Crippen LogP contribution >= 0.6 is 11.8 Å². The third-order valence-corrected chi connectivity index (χ3v) is 6.20. The summed E-state index contributed by atoms with van der Waals surface area (Å²) in [6.07, 6.45) is 0. The minimum absolute atomic E-state index is 0.371. The van der Waals surface area contributed by atoms with E-state index in [2.05, 4.69) is 5.32 Å². The number of carbonyl (C=O) groups is 3. The van der Waals surface area contributed by atoms with Crippen LogP contribution in [0, 0.1) is 0 Å². The molecule has 0 saturated carbocycles. The van der Waals surface area contributed by atoms with Crippen LogP contribution in [0.25, 0.3) is 0 Å². The molecule has 3 unspecified atom stereocenters. The highest BCUT2D eigenvalue weighted by atomic mass is 32.2. The van der Waals surface area contributed by atoms with E-state index in [0.29, 0.717) is 5.75 Å². The van der Waals surface area contributed by atoms with E-state index < -0.39 is 34.3 Å². The van der Waals surface area contributed by atoms with Crippen molar-refractivity contribution in [3.8, 4) is 5.75 Å². The van der Waals surface area contributed by atoms with E-state index in [1.807, 2.05) is 6.07 Å². The van der Waals surface area contributed by atoms with Crippen molar-refractivity contribution in [2.24, 2.45) is 0 Å². The summed E-state index contributed by atoms with van der Waals surface area (Å²) in [7, 11) is 0. The molecule has 8 heteroatoms. The van der Waals surface area contributed by atoms with Gasteiger partial charge in [0, 0.05) is 4.75 Å². The molecule has 2 heterocycles. The summed E-state index contributed by atoms with van der Waals surface area (Å²) in [6.45, 7) is 6.84. The molecular formula is C18H22N2O5S. The number of ether oxygens (including phenoxy) is 1. The predicted molar refractivity (Wildman–Crippen MR) is 96.8 cm³/mol. The number of para-hydroxylation sites is 1. The van der Waals surface area contributed by atoms with Gasteiger partial charge in [0.1, 0.15) is 23.2 Å². The van der Waals surface area contributed by atoms with Crippen LogP contribution in [0.1, 0.15) is 27.7 Å². The van der Waals surface area contributed by atoms with Crippen LogP contribution in [0.2, 0.25) is 0 Å². The molecular weight excluding hydrogens is 356 g/mol. The number of carboxylic acid groups (broad SMARTS) is 1. The lowest BCUT2D eigenvalue weighted by atomic mass is 9.95. The van der Waals surface area contributed by atoms with Gasteiger partial charge in [-0.25, -0.2) is 4.79 Å². The van der Waals surface area contributed by atoms with Crippen molar-refractivity contribution in [3.05, 3.63) is 30.3 Å². The third kappa shape index (κ3) is 3.02. The van der Waals surface area contributed by atoms with E-state index in [0.717, 1.165) is 0 Å². The molecule has 2 amide bonds. The fourth-order valence-electron chi connectivity index (χ4n) is 3.29. The highest BCUT2D eigenvalue weighted by molar-refractivity contribution is 8.01. The highest BCUT2D eigenvalue weighted by Gasteiger charge is 2.64. The number of nitrogens with one attached hydrogen (secondary N) is 1. The Bertz CT molecular complexity index is 749. The van der Waals surface area contributed by atoms with E-state index >= 15 is 0 Å². The zero-order valence-electron chi connectivity index (χ0n) is 15.1. The number of nitrogens with zero attached hydrogens (tertiary/aromatic N) is 1. The Hall–Kier alpha value is -2.22. The van der Waals surface area contributed by atoms with Crippen molar-refractivity contribution in [2.75, 3.05) is 0 Å². The summed E-state index contributed by atoms with van der Waals surface area (Å²) in [4.78, 5) is 38.0. The quantitative estimate of drug-likeness (QED) is 0.754. The summed E-state index contributed by atoms with van der Waals surface area (Å²) in [5.74, 6) is -1.27. The molecule has 2 aliphatic rings. The van der Waals surface area contributed by atoms with Gasteiger partial charge in [-0.2, -0.15) is 0 Å². The van der Waals surface area contributed by atoms with Crippen molar-refractivity contribution in [3.63, 3.8) is 0 Å². The minimum Gasteiger partial charge on any atom is -0.480 e. The number of aliphatic carboxylic acids is 1. The molecule has 2 N–H and O–H groups in total. The van der Waals surface area contributed by atoms with Crippen molar-refractivity contribution >= 4 is 29.5 Å². The fraction of sp³-hybridized carbons (Fsp3) is 0.500. The smallest absolute Gasteiger partial charge is 0.327 e. The Balaban J connectivity index is 1.69. The molecule has 1 aromatic carbocycles. The van der Waals surface area contributed by atoms with Crippen LogP contribution in [0.3, 0.4) is 0 Å². The first-order chi connectivity index (χ1) is 12.0. The van der Waals surface area contributed by atoms with Crippen molar-refractivity contribution < 1.29 is 24.2 Å². The molecule has 3 rings (SSSR count). The number of benzene rings is 1. The van der Waals surface area contributed by atoms with Crippen molar-refractivity contribution in [1.29, 1.82) is 0 Å². The number of fused-ring (bicyclic) bond motifs is 1. The Morgan fingerprint density at radius 1 is 1.27 bits per heavy atom. The maximum absolute atomic E-state index is 12.7. The SMILES string of the molecule is CC(C)(Oc1ccccc1)C(=O)NC1C(=O)N2C1SC(C)(C)C2C(=O)O. The van der Waals surface area contributed by atoms with E-state index in [4.69, 9.17) is 4.74 Å². The second kappa shape index (κ2) is 6.19. The molecule has 0 aliphatic carbocycles. The summed E-state index contributed by atoms with van der Waals surface area (Å²) in [6, 6.07) is 7.32. The van der Waals surface area contributed by atoms with E-state index in [9.17, 15) is 19.5 Å². The second-order valence-electron chi connectivity index (χ2n) is 7.47. The van der Waals surface area contributed by atoms with Crippen LogP contribution < -0.4 is 10.1 Å². The number of carbonyl (C=O) groups excluding carboxylic acids is 2. The molecule has 0 spiro atoms. The number of thioether (sulfide) groups is 1. The zero-order valence-corrected chi connectivity index (χ0v) is 15.9. The van der Waals surface area contributed by atoms with E-state index in [1.165, 1.54) is 16.7 Å². The molecule has 140 valence electrons. The van der Waals surface area contributed by atoms with Gasteiger partial charge in [0.25, 0.3) is 5.91 Å². The second-order valence-corrected chi connectivity index (χ2v) is 9.25. The van der Waals surface area contributed by atoms with Gasteiger partial charge in [0.15, 0.2) is 5.60 Å². The van der Waals surface area contributed by atoms with E-state index in [1.54, 1.807) is 52.0 Å². The summed E-state index contributed by atoms with van der Waals surface area (Å²) in [5.41, 5.74) is -1.17. The van der Waals surface area contributed by atoms with Crippen LogP contribution in [0.5, 0.6) is 5.75 Å². The molecule has 2 fully saturated rings. The Labute approximate surface area is 156 Å². The number of hydrogen-bond acceptors (Lipinski definition) is 5. The van der Waals surface area contributed by atoms with Gasteiger partial charge in [-0.15, -0.1) is 11.8 Å². The fourth-order valence-corrected chi connectivity index (χ4v) is 4.92. The first kappa shape index (κ1) is 18.6. The van der Waals surface area contributed by atoms with E-state index in [-0.39, 0.29) is 11.3 Å². The van der Waals surface area contributed by atoms with Gasteiger partial charge in [0.2, 0.25) is 5.91 Å². The average molecular weight is 378 g/mol. The molecule has 2 aliphatic heterocycles. The molecule has 26 heavy (non-hydrogen) atoms. The molecule has 0 aromatic heterocycles. The Morgan fingerprint density at radius 3 is 2.46 bits per heavy atom. The summed E-state index contributed by atoms with van der Waals surface area (Å²) >= 11 is 1.39. The first-order valence-corrected chi connectivity index (χ1v) is 9.20. The average Bonchev–Trinajstić information content (AvgIpc) is 2.81. The number of hydrogen-bond donors (Lipinski definition) is 2. The summed E-state index contributed by atoms with van der Waals surface area (Å²) < 4.78 is 5.12. The topological polar surface area (TPSA) is 95.9 Å². The summed E-state index contributed by atoms with van der Waals surface area (Å²) in [5, 5.41) is 11.8. The van der Waals surface area contributed by atoms with Crippen molar-refractivity contribution in [1.82, 2.24) is 10.2 Å². The molecule has 1 aromatic rings.